The van der Waals surface area contributed by atoms with Crippen LogP contribution in [-0.4, -0.2) is 31.6 Å². The van der Waals surface area contributed by atoms with Gasteiger partial charge >= 0.3 is 6.03 Å². The number of rotatable bonds is 5. The van der Waals surface area contributed by atoms with Gasteiger partial charge in [-0.3, -0.25) is 9.69 Å². The van der Waals surface area contributed by atoms with Crippen LogP contribution in [0.5, 0.6) is 0 Å². The molecule has 0 spiro atoms. The summed E-state index contributed by atoms with van der Waals surface area (Å²) < 4.78 is 0. The Kier molecular flexibility index (Phi) is 6.86. The van der Waals surface area contributed by atoms with Gasteiger partial charge < -0.3 is 16.4 Å². The third kappa shape index (κ3) is 4.89. The zero-order chi connectivity index (χ0) is 17.6. The molecule has 3 amide bonds. The summed E-state index contributed by atoms with van der Waals surface area (Å²) in [7, 11) is 0. The highest BCUT2D eigenvalue weighted by molar-refractivity contribution is 5.97. The highest BCUT2D eigenvalue weighted by Gasteiger charge is 2.19. The number of nitrogens with zero attached hydrogens (tertiary/aromatic N) is 1. The first-order valence-corrected chi connectivity index (χ1v) is 8.41. The van der Waals surface area contributed by atoms with Gasteiger partial charge in [-0.2, -0.15) is 0 Å². The molecule has 0 bridgehead atoms. The van der Waals surface area contributed by atoms with Crippen molar-refractivity contribution >= 4 is 35.7 Å². The Morgan fingerprint density at radius 2 is 1.96 bits per heavy atom. The number of hydrogen-bond acceptors (Lipinski definition) is 3. The number of carbonyl (C=O) groups excluding carboxylic acids is 2. The molecule has 7 heteroatoms. The van der Waals surface area contributed by atoms with Crippen LogP contribution in [0.15, 0.2) is 48.5 Å². The van der Waals surface area contributed by atoms with Gasteiger partial charge in [-0.25, -0.2) is 4.79 Å². The molecule has 2 aromatic rings. The van der Waals surface area contributed by atoms with Crippen LogP contribution < -0.4 is 21.3 Å². The number of halogens is 1. The molecular weight excluding hydrogens is 352 g/mol. The van der Waals surface area contributed by atoms with Crippen LogP contribution in [0.25, 0.3) is 0 Å². The summed E-state index contributed by atoms with van der Waals surface area (Å²) in [5.74, 6) is -0.144. The minimum Gasteiger partial charge on any atom is -0.399 e. The van der Waals surface area contributed by atoms with Crippen LogP contribution in [0.2, 0.25) is 0 Å². The fraction of sp³-hybridized carbons (Fsp3) is 0.263. The molecular formula is C19H23ClN4O2. The van der Waals surface area contributed by atoms with Gasteiger partial charge in [0.2, 0.25) is 0 Å². The lowest BCUT2D eigenvalue weighted by Crippen LogP contribution is -2.46. The fourth-order valence-electron chi connectivity index (χ4n) is 2.80. The summed E-state index contributed by atoms with van der Waals surface area (Å²) in [6.45, 7) is 1.89. The predicted octanol–water partition coefficient (Wildman–Crippen LogP) is 2.58. The van der Waals surface area contributed by atoms with Crippen molar-refractivity contribution in [2.24, 2.45) is 0 Å². The molecule has 1 aliphatic rings. The van der Waals surface area contributed by atoms with E-state index in [1.54, 1.807) is 23.1 Å². The molecule has 0 unspecified atom stereocenters. The normalized spacial score (nSPS) is 13.5. The molecule has 1 heterocycles. The molecule has 4 N–H and O–H groups in total. The molecule has 26 heavy (non-hydrogen) atoms. The minimum atomic E-state index is -0.144. The van der Waals surface area contributed by atoms with Crippen molar-refractivity contribution in [3.63, 3.8) is 0 Å². The standard InChI is InChI=1S/C19H22N4O2.ClH/c20-16-7-5-14(6-8-16)9-11-21-18(24)15-3-1-4-17(13-15)23-12-2-10-22-19(23)25;/h1,3-8,13H,2,9-12,20H2,(H,21,24)(H,22,25);1H. The van der Waals surface area contributed by atoms with Gasteiger partial charge in [0.1, 0.15) is 0 Å². The lowest BCUT2D eigenvalue weighted by molar-refractivity contribution is 0.0954. The maximum absolute atomic E-state index is 12.4. The highest BCUT2D eigenvalue weighted by Crippen LogP contribution is 2.18. The zero-order valence-electron chi connectivity index (χ0n) is 14.4. The van der Waals surface area contributed by atoms with Crippen LogP contribution in [0.4, 0.5) is 16.2 Å². The number of nitrogens with two attached hydrogens (primary N) is 1. The Labute approximate surface area is 159 Å². The molecule has 0 radical (unpaired) electrons. The summed E-state index contributed by atoms with van der Waals surface area (Å²) in [4.78, 5) is 26.0. The smallest absolute Gasteiger partial charge is 0.321 e. The number of amides is 3. The van der Waals surface area contributed by atoms with Crippen LogP contribution in [0.1, 0.15) is 22.3 Å². The fourth-order valence-corrected chi connectivity index (χ4v) is 2.80. The van der Waals surface area contributed by atoms with Gasteiger partial charge in [-0.15, -0.1) is 12.4 Å². The second-order valence-electron chi connectivity index (χ2n) is 6.03. The molecule has 1 aliphatic heterocycles. The van der Waals surface area contributed by atoms with Crippen molar-refractivity contribution in [1.29, 1.82) is 0 Å². The van der Waals surface area contributed by atoms with E-state index in [9.17, 15) is 9.59 Å². The van der Waals surface area contributed by atoms with E-state index in [-0.39, 0.29) is 24.3 Å². The summed E-state index contributed by atoms with van der Waals surface area (Å²) in [6, 6.07) is 14.6. The average molecular weight is 375 g/mol. The summed E-state index contributed by atoms with van der Waals surface area (Å²) in [6.07, 6.45) is 1.63. The minimum absolute atomic E-state index is 0. The third-order valence-electron chi connectivity index (χ3n) is 4.18. The SMILES string of the molecule is Cl.Nc1ccc(CCNC(=O)c2cccc(N3CCCNC3=O)c2)cc1. The van der Waals surface area contributed by atoms with E-state index in [0.717, 1.165) is 29.8 Å². The summed E-state index contributed by atoms with van der Waals surface area (Å²) in [5.41, 5.74) is 8.80. The van der Waals surface area contributed by atoms with Gasteiger partial charge in [-0.05, 0) is 48.7 Å². The lowest BCUT2D eigenvalue weighted by atomic mass is 10.1. The van der Waals surface area contributed by atoms with Crippen molar-refractivity contribution in [2.45, 2.75) is 12.8 Å². The Hall–Kier alpha value is -2.73. The van der Waals surface area contributed by atoms with Gasteiger partial charge in [0.25, 0.3) is 5.91 Å². The maximum atomic E-state index is 12.4. The van der Waals surface area contributed by atoms with Crippen molar-refractivity contribution in [2.75, 3.05) is 30.3 Å². The van der Waals surface area contributed by atoms with Gasteiger partial charge in [-0.1, -0.05) is 18.2 Å². The molecule has 138 valence electrons. The second-order valence-corrected chi connectivity index (χ2v) is 6.03. The number of anilines is 2. The van der Waals surface area contributed by atoms with E-state index in [1.165, 1.54) is 0 Å². The molecule has 1 saturated heterocycles. The molecule has 1 fully saturated rings. The van der Waals surface area contributed by atoms with Gasteiger partial charge in [0.05, 0.1) is 0 Å². The number of hydrogen-bond donors (Lipinski definition) is 3. The van der Waals surface area contributed by atoms with Crippen molar-refractivity contribution in [1.82, 2.24) is 10.6 Å². The number of benzene rings is 2. The lowest BCUT2D eigenvalue weighted by Gasteiger charge is -2.27. The first kappa shape index (κ1) is 19.6. The summed E-state index contributed by atoms with van der Waals surface area (Å²) >= 11 is 0. The first-order valence-electron chi connectivity index (χ1n) is 8.41. The molecule has 0 aliphatic carbocycles. The second kappa shape index (κ2) is 9.10. The number of urea groups is 1. The highest BCUT2D eigenvalue weighted by atomic mass is 35.5. The monoisotopic (exact) mass is 374 g/mol. The van der Waals surface area contributed by atoms with Crippen molar-refractivity contribution < 1.29 is 9.59 Å². The van der Waals surface area contributed by atoms with E-state index >= 15 is 0 Å². The zero-order valence-corrected chi connectivity index (χ0v) is 15.2. The number of nitrogens with one attached hydrogen (secondary N) is 2. The van der Waals surface area contributed by atoms with Gasteiger partial charge in [0, 0.05) is 36.6 Å². The average Bonchev–Trinajstić information content (AvgIpc) is 2.64. The first-order chi connectivity index (χ1) is 12.1. The molecule has 6 nitrogen and oxygen atoms in total. The molecule has 0 atom stereocenters. The van der Waals surface area contributed by atoms with E-state index in [0.29, 0.717) is 25.2 Å². The van der Waals surface area contributed by atoms with Gasteiger partial charge in [0.15, 0.2) is 0 Å². The topological polar surface area (TPSA) is 87.5 Å². The van der Waals surface area contributed by atoms with Crippen LogP contribution in [0, 0.1) is 0 Å². The van der Waals surface area contributed by atoms with Crippen molar-refractivity contribution in [3.05, 3.63) is 59.7 Å². The van der Waals surface area contributed by atoms with E-state index in [1.807, 2.05) is 30.3 Å². The van der Waals surface area contributed by atoms with Crippen LogP contribution in [-0.2, 0) is 6.42 Å². The molecule has 0 saturated carbocycles. The van der Waals surface area contributed by atoms with Crippen LogP contribution >= 0.6 is 12.4 Å². The molecule has 2 aromatic carbocycles. The number of carbonyl (C=O) groups is 2. The largest absolute Gasteiger partial charge is 0.399 e. The Morgan fingerprint density at radius 1 is 1.19 bits per heavy atom. The van der Waals surface area contributed by atoms with Crippen LogP contribution in [0.3, 0.4) is 0 Å². The Morgan fingerprint density at radius 3 is 2.69 bits per heavy atom. The molecule has 3 rings (SSSR count). The molecule has 0 aromatic heterocycles. The van der Waals surface area contributed by atoms with E-state index in [2.05, 4.69) is 10.6 Å². The Balaban J connectivity index is 0.00000243. The van der Waals surface area contributed by atoms with Crippen molar-refractivity contribution in [3.8, 4) is 0 Å². The third-order valence-corrected chi connectivity index (χ3v) is 4.18. The number of nitrogen functional groups attached to an aromatic ring is 1. The predicted molar refractivity (Wildman–Crippen MR) is 106 cm³/mol. The quantitative estimate of drug-likeness (QED) is 0.703. The van der Waals surface area contributed by atoms with E-state index in [4.69, 9.17) is 5.73 Å². The van der Waals surface area contributed by atoms with E-state index < -0.39 is 0 Å². The summed E-state index contributed by atoms with van der Waals surface area (Å²) in [5, 5.41) is 5.73. The maximum Gasteiger partial charge on any atom is 0.321 e. The Bertz CT molecular complexity index is 764.